The van der Waals surface area contributed by atoms with Gasteiger partial charge in [-0.05, 0) is 25.5 Å². The van der Waals surface area contributed by atoms with E-state index >= 15 is 0 Å². The van der Waals surface area contributed by atoms with E-state index in [1.165, 1.54) is 0 Å². The highest BCUT2D eigenvalue weighted by Gasteiger charge is 2.25. The van der Waals surface area contributed by atoms with Crippen LogP contribution in [0.2, 0.25) is 0 Å². The summed E-state index contributed by atoms with van der Waals surface area (Å²) in [7, 11) is 3.54. The summed E-state index contributed by atoms with van der Waals surface area (Å²) < 4.78 is 5.49. The molecule has 27 heavy (non-hydrogen) atoms. The van der Waals surface area contributed by atoms with Crippen LogP contribution in [0, 0.1) is 6.92 Å². The summed E-state index contributed by atoms with van der Waals surface area (Å²) in [6.07, 6.45) is 1.98. The maximum atomic E-state index is 5.49. The van der Waals surface area contributed by atoms with Crippen molar-refractivity contribution in [2.75, 3.05) is 38.7 Å². The third-order valence-electron chi connectivity index (χ3n) is 4.52. The van der Waals surface area contributed by atoms with Crippen molar-refractivity contribution in [3.8, 4) is 5.75 Å². The maximum absolute atomic E-state index is 5.49. The third kappa shape index (κ3) is 5.97. The largest absolute Gasteiger partial charge is 0.495 e. The molecule has 1 aliphatic heterocycles. The van der Waals surface area contributed by atoms with Crippen molar-refractivity contribution < 1.29 is 4.74 Å². The zero-order valence-corrected chi connectivity index (χ0v) is 19.2. The molecule has 2 heterocycles. The molecule has 0 amide bonds. The van der Waals surface area contributed by atoms with Crippen molar-refractivity contribution in [2.24, 2.45) is 4.99 Å². The molecule has 8 heteroatoms. The Hall–Kier alpha value is -1.55. The number of aryl methyl sites for hydroxylation is 1. The Morgan fingerprint density at radius 3 is 2.93 bits per heavy atom. The van der Waals surface area contributed by atoms with Gasteiger partial charge in [0, 0.05) is 44.5 Å². The second-order valence-corrected chi connectivity index (χ2v) is 7.42. The van der Waals surface area contributed by atoms with E-state index < -0.39 is 0 Å². The molecule has 0 bridgehead atoms. The van der Waals surface area contributed by atoms with Crippen molar-refractivity contribution in [3.05, 3.63) is 40.3 Å². The number of nitrogens with one attached hydrogen (secondary N) is 2. The monoisotopic (exact) mass is 501 g/mol. The van der Waals surface area contributed by atoms with Crippen LogP contribution in [0.4, 0.5) is 5.69 Å². The van der Waals surface area contributed by atoms with Gasteiger partial charge in [0.15, 0.2) is 5.96 Å². The average Bonchev–Trinajstić information content (AvgIpc) is 3.29. The number of methoxy groups -OCH3 is 1. The smallest absolute Gasteiger partial charge is 0.191 e. The van der Waals surface area contributed by atoms with Gasteiger partial charge in [-0.2, -0.15) is 0 Å². The van der Waals surface area contributed by atoms with Gasteiger partial charge in [0.1, 0.15) is 5.75 Å². The summed E-state index contributed by atoms with van der Waals surface area (Å²) >= 11 is 1.70. The normalized spacial score (nSPS) is 16.8. The fourth-order valence-electron chi connectivity index (χ4n) is 3.21. The van der Waals surface area contributed by atoms with Crippen molar-refractivity contribution in [2.45, 2.75) is 25.8 Å². The Morgan fingerprint density at radius 1 is 1.41 bits per heavy atom. The van der Waals surface area contributed by atoms with Gasteiger partial charge in [-0.1, -0.05) is 12.1 Å². The molecule has 0 aliphatic carbocycles. The number of ether oxygens (including phenoxy) is 1. The Labute approximate surface area is 182 Å². The summed E-state index contributed by atoms with van der Waals surface area (Å²) in [5, 5.41) is 10.2. The minimum Gasteiger partial charge on any atom is -0.495 e. The number of hydrogen-bond donors (Lipinski definition) is 2. The SMILES string of the molecule is CN=C(NCCc1csc(C)n1)NC1CCN(c2ccccc2OC)C1.I. The number of para-hydroxylation sites is 2. The number of nitrogens with zero attached hydrogens (tertiary/aromatic N) is 3. The summed E-state index contributed by atoms with van der Waals surface area (Å²) in [4.78, 5) is 11.2. The van der Waals surface area contributed by atoms with Crippen molar-refractivity contribution in [3.63, 3.8) is 0 Å². The quantitative estimate of drug-likeness (QED) is 0.362. The minimum atomic E-state index is 0. The van der Waals surface area contributed by atoms with Crippen LogP contribution in [0.1, 0.15) is 17.1 Å². The molecule has 1 aromatic heterocycles. The molecule has 2 N–H and O–H groups in total. The lowest BCUT2D eigenvalue weighted by Crippen LogP contribution is -2.45. The molecule has 2 aromatic rings. The first kappa shape index (κ1) is 21.7. The highest BCUT2D eigenvalue weighted by Crippen LogP contribution is 2.30. The van der Waals surface area contributed by atoms with Gasteiger partial charge < -0.3 is 20.3 Å². The Morgan fingerprint density at radius 2 is 2.22 bits per heavy atom. The van der Waals surface area contributed by atoms with Crippen LogP contribution in [-0.4, -0.2) is 50.8 Å². The highest BCUT2D eigenvalue weighted by atomic mass is 127. The second kappa shape index (κ2) is 10.7. The van der Waals surface area contributed by atoms with Crippen LogP contribution in [-0.2, 0) is 6.42 Å². The number of hydrogen-bond acceptors (Lipinski definition) is 5. The third-order valence-corrected chi connectivity index (χ3v) is 5.34. The number of halogens is 1. The maximum Gasteiger partial charge on any atom is 0.191 e. The molecular weight excluding hydrogens is 473 g/mol. The molecule has 1 aliphatic rings. The Bertz CT molecular complexity index is 751. The van der Waals surface area contributed by atoms with Gasteiger partial charge in [0.05, 0.1) is 23.5 Å². The number of anilines is 1. The molecular formula is C19H28IN5OS. The van der Waals surface area contributed by atoms with Crippen molar-refractivity contribution in [1.29, 1.82) is 0 Å². The van der Waals surface area contributed by atoms with Crippen molar-refractivity contribution >= 4 is 47.0 Å². The number of aliphatic imine (C=N–C) groups is 1. The average molecular weight is 501 g/mol. The molecule has 1 fully saturated rings. The van der Waals surface area contributed by atoms with Gasteiger partial charge in [-0.15, -0.1) is 35.3 Å². The molecule has 1 atom stereocenters. The topological polar surface area (TPSA) is 61.8 Å². The summed E-state index contributed by atoms with van der Waals surface area (Å²) in [5.41, 5.74) is 2.29. The lowest BCUT2D eigenvalue weighted by molar-refractivity contribution is 0.415. The molecule has 1 saturated heterocycles. The zero-order valence-electron chi connectivity index (χ0n) is 16.1. The molecule has 148 valence electrons. The van der Waals surface area contributed by atoms with Crippen LogP contribution < -0.4 is 20.3 Å². The molecule has 1 aromatic carbocycles. The van der Waals surface area contributed by atoms with Gasteiger partial charge in [-0.25, -0.2) is 4.98 Å². The number of thiazole rings is 1. The van der Waals surface area contributed by atoms with E-state index in [1.54, 1.807) is 18.4 Å². The first-order valence-corrected chi connectivity index (χ1v) is 9.83. The predicted octanol–water partition coefficient (Wildman–Crippen LogP) is 3.06. The van der Waals surface area contributed by atoms with E-state index in [1.807, 2.05) is 26.1 Å². The van der Waals surface area contributed by atoms with E-state index in [4.69, 9.17) is 4.74 Å². The van der Waals surface area contributed by atoms with E-state index in [2.05, 4.69) is 43.0 Å². The number of guanidine groups is 1. The fraction of sp³-hybridized carbons (Fsp3) is 0.474. The highest BCUT2D eigenvalue weighted by molar-refractivity contribution is 14.0. The standard InChI is InChI=1S/C19H27N5OS.HI/c1-14-22-16(13-26-14)8-10-21-19(20-2)23-15-9-11-24(12-15)17-6-4-5-7-18(17)25-3;/h4-7,13,15H,8-12H2,1-3H3,(H2,20,21,23);1H. The molecule has 1 unspecified atom stereocenters. The number of benzene rings is 1. The Kier molecular flexibility index (Phi) is 8.62. The van der Waals surface area contributed by atoms with Gasteiger partial charge >= 0.3 is 0 Å². The van der Waals surface area contributed by atoms with E-state index in [-0.39, 0.29) is 24.0 Å². The van der Waals surface area contributed by atoms with Crippen LogP contribution in [0.5, 0.6) is 5.75 Å². The summed E-state index contributed by atoms with van der Waals surface area (Å²) in [6.45, 7) is 4.81. The summed E-state index contributed by atoms with van der Waals surface area (Å²) in [6, 6.07) is 8.55. The van der Waals surface area contributed by atoms with Crippen LogP contribution >= 0.6 is 35.3 Å². The van der Waals surface area contributed by atoms with Crippen molar-refractivity contribution in [1.82, 2.24) is 15.6 Å². The molecule has 6 nitrogen and oxygen atoms in total. The Balaban J connectivity index is 0.00000261. The first-order chi connectivity index (χ1) is 12.7. The fourth-order valence-corrected chi connectivity index (χ4v) is 3.86. The second-order valence-electron chi connectivity index (χ2n) is 6.35. The van der Waals surface area contributed by atoms with Gasteiger partial charge in [-0.3, -0.25) is 4.99 Å². The van der Waals surface area contributed by atoms with Crippen LogP contribution in [0.25, 0.3) is 0 Å². The number of aromatic nitrogens is 1. The lowest BCUT2D eigenvalue weighted by atomic mass is 10.2. The van der Waals surface area contributed by atoms with Crippen LogP contribution in [0.3, 0.4) is 0 Å². The molecule has 0 saturated carbocycles. The first-order valence-electron chi connectivity index (χ1n) is 8.95. The van der Waals surface area contributed by atoms with Gasteiger partial charge in [0.2, 0.25) is 0 Å². The zero-order chi connectivity index (χ0) is 18.4. The summed E-state index contributed by atoms with van der Waals surface area (Å²) in [5.74, 6) is 1.78. The van der Waals surface area contributed by atoms with Crippen LogP contribution in [0.15, 0.2) is 34.6 Å². The molecule has 0 spiro atoms. The van der Waals surface area contributed by atoms with E-state index in [0.29, 0.717) is 6.04 Å². The lowest BCUT2D eigenvalue weighted by Gasteiger charge is -2.22. The van der Waals surface area contributed by atoms with Gasteiger partial charge in [0.25, 0.3) is 0 Å². The predicted molar refractivity (Wildman–Crippen MR) is 124 cm³/mol. The minimum absolute atomic E-state index is 0. The van der Waals surface area contributed by atoms with E-state index in [9.17, 15) is 0 Å². The molecule has 3 rings (SSSR count). The van der Waals surface area contributed by atoms with E-state index in [0.717, 1.165) is 60.6 Å². The number of rotatable bonds is 6. The molecule has 0 radical (unpaired) electrons.